The van der Waals surface area contributed by atoms with Crippen molar-refractivity contribution in [2.45, 2.75) is 44.8 Å². The topological polar surface area (TPSA) is 21.3 Å². The molecule has 1 aromatic rings. The molecule has 0 saturated carbocycles. The second kappa shape index (κ2) is 5.45. The Bertz CT molecular complexity index is 426. The maximum atomic E-state index is 13.4. The molecule has 0 aliphatic carbocycles. The van der Waals surface area contributed by atoms with Gasteiger partial charge in [-0.15, -0.1) is 0 Å². The van der Waals surface area contributed by atoms with Crippen LogP contribution in [-0.4, -0.2) is 18.2 Å². The van der Waals surface area contributed by atoms with E-state index >= 15 is 0 Å². The summed E-state index contributed by atoms with van der Waals surface area (Å²) >= 11 is 5.67. The highest BCUT2D eigenvalue weighted by molar-refractivity contribution is 6.30. The summed E-state index contributed by atoms with van der Waals surface area (Å²) in [6.45, 7) is 5.01. The van der Waals surface area contributed by atoms with Gasteiger partial charge in [0.1, 0.15) is 5.82 Å². The van der Waals surface area contributed by atoms with Crippen molar-refractivity contribution >= 4 is 17.3 Å². The van der Waals surface area contributed by atoms with Gasteiger partial charge in [-0.3, -0.25) is 0 Å². The number of halogens is 2. The summed E-state index contributed by atoms with van der Waals surface area (Å²) in [5, 5.41) is 3.52. The summed E-state index contributed by atoms with van der Waals surface area (Å²) < 4.78 is 19.1. The van der Waals surface area contributed by atoms with Crippen molar-refractivity contribution in [1.29, 1.82) is 0 Å². The smallest absolute Gasteiger partial charge is 0.143 e. The largest absolute Gasteiger partial charge is 0.382 e. The molecule has 18 heavy (non-hydrogen) atoms. The van der Waals surface area contributed by atoms with Crippen molar-refractivity contribution in [3.05, 3.63) is 29.0 Å². The Labute approximate surface area is 112 Å². The molecular formula is C14H19ClFNO. The average Bonchev–Trinajstić information content (AvgIpc) is 2.34. The molecule has 2 rings (SSSR count). The Morgan fingerprint density at radius 1 is 1.56 bits per heavy atom. The van der Waals surface area contributed by atoms with Crippen LogP contribution in [0.25, 0.3) is 0 Å². The SMILES string of the molecule is CCC1(C)CC(Nc2ccc(Cl)c(F)c2)CCO1. The van der Waals surface area contributed by atoms with Gasteiger partial charge in [-0.2, -0.15) is 0 Å². The first-order valence-electron chi connectivity index (χ1n) is 6.38. The summed E-state index contributed by atoms with van der Waals surface area (Å²) in [6.07, 6.45) is 2.87. The van der Waals surface area contributed by atoms with Crippen molar-refractivity contribution in [2.75, 3.05) is 11.9 Å². The summed E-state index contributed by atoms with van der Waals surface area (Å²) in [5.74, 6) is -0.382. The Balaban J connectivity index is 2.02. The second-order valence-corrected chi connectivity index (χ2v) is 5.52. The summed E-state index contributed by atoms with van der Waals surface area (Å²) in [4.78, 5) is 0. The average molecular weight is 272 g/mol. The molecule has 1 fully saturated rings. The third-order valence-electron chi connectivity index (χ3n) is 3.63. The van der Waals surface area contributed by atoms with Crippen molar-refractivity contribution in [3.63, 3.8) is 0 Å². The number of anilines is 1. The summed E-state index contributed by atoms with van der Waals surface area (Å²) in [5.41, 5.74) is 0.711. The van der Waals surface area contributed by atoms with E-state index in [2.05, 4.69) is 19.2 Å². The van der Waals surface area contributed by atoms with Crippen LogP contribution in [0.3, 0.4) is 0 Å². The van der Waals surface area contributed by atoms with Crippen LogP contribution < -0.4 is 5.32 Å². The zero-order valence-corrected chi connectivity index (χ0v) is 11.6. The molecular weight excluding hydrogens is 253 g/mol. The molecule has 0 spiro atoms. The number of benzene rings is 1. The molecule has 100 valence electrons. The third kappa shape index (κ3) is 3.15. The van der Waals surface area contributed by atoms with Crippen LogP contribution in [0, 0.1) is 5.82 Å². The van der Waals surface area contributed by atoms with Gasteiger partial charge in [-0.1, -0.05) is 18.5 Å². The molecule has 2 nitrogen and oxygen atoms in total. The van der Waals surface area contributed by atoms with E-state index in [0.29, 0.717) is 6.04 Å². The van der Waals surface area contributed by atoms with Crippen molar-refractivity contribution in [3.8, 4) is 0 Å². The lowest BCUT2D eigenvalue weighted by atomic mass is 9.90. The first-order chi connectivity index (χ1) is 8.52. The highest BCUT2D eigenvalue weighted by atomic mass is 35.5. The fourth-order valence-corrected chi connectivity index (χ4v) is 2.44. The second-order valence-electron chi connectivity index (χ2n) is 5.11. The van der Waals surface area contributed by atoms with Gasteiger partial charge in [-0.05, 0) is 44.4 Å². The molecule has 0 aromatic heterocycles. The first-order valence-corrected chi connectivity index (χ1v) is 6.76. The molecule has 1 aromatic carbocycles. The number of rotatable bonds is 3. The Kier molecular flexibility index (Phi) is 4.13. The van der Waals surface area contributed by atoms with Gasteiger partial charge in [0.15, 0.2) is 0 Å². The maximum Gasteiger partial charge on any atom is 0.143 e. The maximum absolute atomic E-state index is 13.4. The fraction of sp³-hybridized carbons (Fsp3) is 0.571. The molecule has 0 radical (unpaired) electrons. The lowest BCUT2D eigenvalue weighted by Gasteiger charge is -2.38. The summed E-state index contributed by atoms with van der Waals surface area (Å²) in [7, 11) is 0. The van der Waals surface area contributed by atoms with E-state index < -0.39 is 0 Å². The molecule has 1 aliphatic heterocycles. The van der Waals surface area contributed by atoms with E-state index in [9.17, 15) is 4.39 Å². The molecule has 1 N–H and O–H groups in total. The van der Waals surface area contributed by atoms with Crippen molar-refractivity contribution < 1.29 is 9.13 Å². The Hall–Kier alpha value is -0.800. The quantitative estimate of drug-likeness (QED) is 0.888. The van der Waals surface area contributed by atoms with Crippen LogP contribution in [-0.2, 0) is 4.74 Å². The molecule has 4 heteroatoms. The summed E-state index contributed by atoms with van der Waals surface area (Å²) in [6, 6.07) is 5.16. The minimum absolute atomic E-state index is 0.0686. The zero-order chi connectivity index (χ0) is 13.2. The van der Waals surface area contributed by atoms with Crippen LogP contribution in [0.5, 0.6) is 0 Å². The molecule has 1 heterocycles. The minimum Gasteiger partial charge on any atom is -0.382 e. The van der Waals surface area contributed by atoms with Gasteiger partial charge in [0, 0.05) is 18.3 Å². The number of ether oxygens (including phenoxy) is 1. The molecule has 0 bridgehead atoms. The highest BCUT2D eigenvalue weighted by Gasteiger charge is 2.31. The molecule has 2 atom stereocenters. The number of hydrogen-bond donors (Lipinski definition) is 1. The van der Waals surface area contributed by atoms with E-state index in [1.165, 1.54) is 6.07 Å². The van der Waals surface area contributed by atoms with Crippen LogP contribution in [0.4, 0.5) is 10.1 Å². The monoisotopic (exact) mass is 271 g/mol. The van der Waals surface area contributed by atoms with E-state index in [4.69, 9.17) is 16.3 Å². The lowest BCUT2D eigenvalue weighted by molar-refractivity contribution is -0.0708. The minimum atomic E-state index is -0.382. The van der Waals surface area contributed by atoms with Gasteiger partial charge in [0.25, 0.3) is 0 Å². The van der Waals surface area contributed by atoms with Gasteiger partial charge in [0.05, 0.1) is 10.6 Å². The standard InChI is InChI=1S/C14H19ClFNO/c1-3-14(2)9-11(6-7-18-14)17-10-4-5-12(15)13(16)8-10/h4-5,8,11,17H,3,6-7,9H2,1-2H3. The zero-order valence-electron chi connectivity index (χ0n) is 10.8. The predicted octanol–water partition coefficient (Wildman–Crippen LogP) is 4.24. The predicted molar refractivity (Wildman–Crippen MR) is 72.7 cm³/mol. The van der Waals surface area contributed by atoms with Crippen LogP contribution in [0.2, 0.25) is 5.02 Å². The lowest BCUT2D eigenvalue weighted by Crippen LogP contribution is -2.41. The number of hydrogen-bond acceptors (Lipinski definition) is 2. The van der Waals surface area contributed by atoms with E-state index in [1.54, 1.807) is 6.07 Å². The molecule has 1 aliphatic rings. The first kappa shape index (κ1) is 13.6. The molecule has 2 unspecified atom stereocenters. The van der Waals surface area contributed by atoms with E-state index in [-0.39, 0.29) is 16.4 Å². The third-order valence-corrected chi connectivity index (χ3v) is 3.94. The van der Waals surface area contributed by atoms with E-state index in [0.717, 1.165) is 31.6 Å². The van der Waals surface area contributed by atoms with Crippen LogP contribution >= 0.6 is 11.6 Å². The normalized spacial score (nSPS) is 28.1. The van der Waals surface area contributed by atoms with Gasteiger partial charge < -0.3 is 10.1 Å². The van der Waals surface area contributed by atoms with Crippen molar-refractivity contribution in [2.24, 2.45) is 0 Å². The Morgan fingerprint density at radius 3 is 3.00 bits per heavy atom. The molecule has 1 saturated heterocycles. The van der Waals surface area contributed by atoms with Gasteiger partial charge >= 0.3 is 0 Å². The fourth-order valence-electron chi connectivity index (χ4n) is 2.32. The molecule has 0 amide bonds. The highest BCUT2D eigenvalue weighted by Crippen LogP contribution is 2.30. The van der Waals surface area contributed by atoms with Gasteiger partial charge in [-0.25, -0.2) is 4.39 Å². The van der Waals surface area contributed by atoms with Crippen molar-refractivity contribution in [1.82, 2.24) is 0 Å². The van der Waals surface area contributed by atoms with Crippen LogP contribution in [0.15, 0.2) is 18.2 Å². The Morgan fingerprint density at radius 2 is 2.33 bits per heavy atom. The van der Waals surface area contributed by atoms with E-state index in [1.807, 2.05) is 6.07 Å². The number of nitrogens with one attached hydrogen (secondary N) is 1. The van der Waals surface area contributed by atoms with Crippen LogP contribution in [0.1, 0.15) is 33.1 Å². The van der Waals surface area contributed by atoms with Gasteiger partial charge in [0.2, 0.25) is 0 Å².